The van der Waals surface area contributed by atoms with Gasteiger partial charge in [0, 0.05) is 41.5 Å². The van der Waals surface area contributed by atoms with Crippen LogP contribution in [0.4, 0.5) is 11.4 Å². The Morgan fingerprint density at radius 3 is 2.18 bits per heavy atom. The SMILES string of the molecule is CCN(CC)C(=O)c1ccc(NC(=O)c2cccc(NC(=O)C3CC3)c2)cc1. The maximum absolute atomic E-state index is 12.5. The molecule has 6 heteroatoms. The molecular formula is C22H25N3O3. The van der Waals surface area contributed by atoms with Gasteiger partial charge in [-0.3, -0.25) is 14.4 Å². The van der Waals surface area contributed by atoms with Crippen LogP contribution in [0.25, 0.3) is 0 Å². The zero-order valence-electron chi connectivity index (χ0n) is 16.2. The molecule has 2 aromatic rings. The first-order valence-electron chi connectivity index (χ1n) is 9.63. The molecule has 28 heavy (non-hydrogen) atoms. The molecule has 3 rings (SSSR count). The van der Waals surface area contributed by atoms with E-state index in [1.807, 2.05) is 13.8 Å². The molecule has 0 aromatic heterocycles. The molecule has 6 nitrogen and oxygen atoms in total. The Morgan fingerprint density at radius 2 is 1.57 bits per heavy atom. The summed E-state index contributed by atoms with van der Waals surface area (Å²) in [7, 11) is 0. The molecule has 146 valence electrons. The van der Waals surface area contributed by atoms with Gasteiger partial charge >= 0.3 is 0 Å². The molecule has 0 unspecified atom stereocenters. The molecule has 0 atom stereocenters. The molecule has 0 radical (unpaired) electrons. The van der Waals surface area contributed by atoms with Gasteiger partial charge in [-0.1, -0.05) is 6.07 Å². The molecule has 2 aromatic carbocycles. The molecule has 0 bridgehead atoms. The van der Waals surface area contributed by atoms with Crippen molar-refractivity contribution in [3.63, 3.8) is 0 Å². The summed E-state index contributed by atoms with van der Waals surface area (Å²) in [6.45, 7) is 5.19. The highest BCUT2D eigenvalue weighted by Crippen LogP contribution is 2.30. The third kappa shape index (κ3) is 4.76. The lowest BCUT2D eigenvalue weighted by atomic mass is 10.1. The maximum Gasteiger partial charge on any atom is 0.255 e. The van der Waals surface area contributed by atoms with E-state index < -0.39 is 0 Å². The van der Waals surface area contributed by atoms with E-state index in [9.17, 15) is 14.4 Å². The second-order valence-electron chi connectivity index (χ2n) is 6.85. The highest BCUT2D eigenvalue weighted by Gasteiger charge is 2.29. The normalized spacial score (nSPS) is 12.9. The molecule has 1 aliphatic rings. The molecule has 0 heterocycles. The maximum atomic E-state index is 12.5. The van der Waals surface area contributed by atoms with Crippen molar-refractivity contribution in [2.45, 2.75) is 26.7 Å². The van der Waals surface area contributed by atoms with Crippen LogP contribution in [-0.4, -0.2) is 35.7 Å². The number of nitrogens with one attached hydrogen (secondary N) is 2. The minimum atomic E-state index is -0.273. The Labute approximate surface area is 164 Å². The van der Waals surface area contributed by atoms with E-state index in [0.29, 0.717) is 35.6 Å². The smallest absolute Gasteiger partial charge is 0.255 e. The Morgan fingerprint density at radius 1 is 0.893 bits per heavy atom. The van der Waals surface area contributed by atoms with Crippen molar-refractivity contribution in [1.82, 2.24) is 4.90 Å². The fourth-order valence-corrected chi connectivity index (χ4v) is 2.92. The van der Waals surface area contributed by atoms with Gasteiger partial charge in [0.05, 0.1) is 0 Å². The second-order valence-corrected chi connectivity index (χ2v) is 6.85. The Kier molecular flexibility index (Phi) is 6.09. The molecule has 2 N–H and O–H groups in total. The van der Waals surface area contributed by atoms with Crippen LogP contribution in [0.15, 0.2) is 48.5 Å². The summed E-state index contributed by atoms with van der Waals surface area (Å²) in [5.74, 6) is -0.187. The second kappa shape index (κ2) is 8.69. The van der Waals surface area contributed by atoms with Gasteiger partial charge in [-0.15, -0.1) is 0 Å². The average Bonchev–Trinajstić information content (AvgIpc) is 3.55. The van der Waals surface area contributed by atoms with Gasteiger partial charge in [0.1, 0.15) is 0 Å². The Balaban J connectivity index is 1.64. The van der Waals surface area contributed by atoms with Crippen molar-refractivity contribution < 1.29 is 14.4 Å². The van der Waals surface area contributed by atoms with E-state index in [1.54, 1.807) is 53.4 Å². The van der Waals surface area contributed by atoms with E-state index in [1.165, 1.54) is 0 Å². The van der Waals surface area contributed by atoms with E-state index in [0.717, 1.165) is 12.8 Å². The van der Waals surface area contributed by atoms with Gasteiger partial charge in [-0.05, 0) is 69.2 Å². The van der Waals surface area contributed by atoms with Crippen LogP contribution < -0.4 is 10.6 Å². The van der Waals surface area contributed by atoms with E-state index in [-0.39, 0.29) is 23.6 Å². The number of hydrogen-bond acceptors (Lipinski definition) is 3. The predicted octanol–water partition coefficient (Wildman–Crippen LogP) is 3.77. The zero-order chi connectivity index (χ0) is 20.1. The number of rotatable bonds is 7. The van der Waals surface area contributed by atoms with Crippen LogP contribution in [0, 0.1) is 5.92 Å². The van der Waals surface area contributed by atoms with Crippen molar-refractivity contribution in [1.29, 1.82) is 0 Å². The van der Waals surface area contributed by atoms with Crippen molar-refractivity contribution in [2.75, 3.05) is 23.7 Å². The van der Waals surface area contributed by atoms with Crippen molar-refractivity contribution in [3.8, 4) is 0 Å². The summed E-state index contributed by atoms with van der Waals surface area (Å²) in [5.41, 5.74) is 2.27. The summed E-state index contributed by atoms with van der Waals surface area (Å²) in [5, 5.41) is 5.66. The van der Waals surface area contributed by atoms with Crippen LogP contribution in [-0.2, 0) is 4.79 Å². The molecule has 1 aliphatic carbocycles. The third-order valence-electron chi connectivity index (χ3n) is 4.78. The lowest BCUT2D eigenvalue weighted by molar-refractivity contribution is -0.117. The highest BCUT2D eigenvalue weighted by molar-refractivity contribution is 6.05. The first-order chi connectivity index (χ1) is 13.5. The first-order valence-corrected chi connectivity index (χ1v) is 9.63. The largest absolute Gasteiger partial charge is 0.339 e. The molecule has 1 saturated carbocycles. The minimum Gasteiger partial charge on any atom is -0.339 e. The third-order valence-corrected chi connectivity index (χ3v) is 4.78. The van der Waals surface area contributed by atoms with Crippen molar-refractivity contribution >= 4 is 29.1 Å². The first kappa shape index (κ1) is 19.6. The predicted molar refractivity (Wildman–Crippen MR) is 109 cm³/mol. The summed E-state index contributed by atoms with van der Waals surface area (Å²) < 4.78 is 0. The lowest BCUT2D eigenvalue weighted by Crippen LogP contribution is -2.30. The van der Waals surface area contributed by atoms with Gasteiger partial charge < -0.3 is 15.5 Å². The van der Waals surface area contributed by atoms with E-state index in [2.05, 4.69) is 10.6 Å². The van der Waals surface area contributed by atoms with Gasteiger partial charge in [0.2, 0.25) is 5.91 Å². The highest BCUT2D eigenvalue weighted by atomic mass is 16.2. The zero-order valence-corrected chi connectivity index (χ0v) is 16.2. The number of carbonyl (C=O) groups is 3. The average molecular weight is 379 g/mol. The number of nitrogens with zero attached hydrogens (tertiary/aromatic N) is 1. The summed E-state index contributed by atoms with van der Waals surface area (Å²) >= 11 is 0. The molecule has 0 spiro atoms. The van der Waals surface area contributed by atoms with Crippen LogP contribution >= 0.6 is 0 Å². The quantitative estimate of drug-likeness (QED) is 0.769. The number of amides is 3. The molecule has 3 amide bonds. The van der Waals surface area contributed by atoms with Crippen LogP contribution in [0.2, 0.25) is 0 Å². The van der Waals surface area contributed by atoms with Gasteiger partial charge in [-0.2, -0.15) is 0 Å². The van der Waals surface area contributed by atoms with Gasteiger partial charge in [0.25, 0.3) is 11.8 Å². The molecule has 0 aliphatic heterocycles. The summed E-state index contributed by atoms with van der Waals surface area (Å²) in [6.07, 6.45) is 1.86. The number of carbonyl (C=O) groups excluding carboxylic acids is 3. The Hall–Kier alpha value is -3.15. The fraction of sp³-hybridized carbons (Fsp3) is 0.318. The monoisotopic (exact) mass is 379 g/mol. The summed E-state index contributed by atoms with van der Waals surface area (Å²) in [6, 6.07) is 13.7. The van der Waals surface area contributed by atoms with Gasteiger partial charge in [0.15, 0.2) is 0 Å². The molecular weight excluding hydrogens is 354 g/mol. The van der Waals surface area contributed by atoms with Crippen molar-refractivity contribution in [2.24, 2.45) is 5.92 Å². The number of benzene rings is 2. The Bertz CT molecular complexity index is 869. The number of hydrogen-bond donors (Lipinski definition) is 2. The van der Waals surface area contributed by atoms with Gasteiger partial charge in [-0.25, -0.2) is 0 Å². The number of anilines is 2. The molecule has 0 saturated heterocycles. The van der Waals surface area contributed by atoms with Crippen molar-refractivity contribution in [3.05, 3.63) is 59.7 Å². The standard InChI is InChI=1S/C22H25N3O3/c1-3-25(4-2)22(28)16-10-12-18(13-11-16)23-21(27)17-6-5-7-19(14-17)24-20(26)15-8-9-15/h5-7,10-15H,3-4,8-9H2,1-2H3,(H,23,27)(H,24,26). The van der Waals surface area contributed by atoms with E-state index >= 15 is 0 Å². The van der Waals surface area contributed by atoms with Crippen LogP contribution in [0.5, 0.6) is 0 Å². The summed E-state index contributed by atoms with van der Waals surface area (Å²) in [4.78, 5) is 38.5. The lowest BCUT2D eigenvalue weighted by Gasteiger charge is -2.18. The van der Waals surface area contributed by atoms with E-state index in [4.69, 9.17) is 0 Å². The fourth-order valence-electron chi connectivity index (χ4n) is 2.92. The minimum absolute atomic E-state index is 0.00557. The van der Waals surface area contributed by atoms with Crippen LogP contribution in [0.1, 0.15) is 47.4 Å². The van der Waals surface area contributed by atoms with Crippen LogP contribution in [0.3, 0.4) is 0 Å². The topological polar surface area (TPSA) is 78.5 Å². The molecule has 1 fully saturated rings.